The number of fused-ring (bicyclic) bond motifs is 1. The summed E-state index contributed by atoms with van der Waals surface area (Å²) >= 11 is 0. The zero-order chi connectivity index (χ0) is 35.1. The summed E-state index contributed by atoms with van der Waals surface area (Å²) in [5, 5.41) is 31.7. The van der Waals surface area contributed by atoms with Crippen LogP contribution in [0.4, 0.5) is 17.3 Å². The van der Waals surface area contributed by atoms with E-state index in [0.29, 0.717) is 48.7 Å². The number of morpholine rings is 1. The van der Waals surface area contributed by atoms with Crippen molar-refractivity contribution < 1.29 is 33.9 Å². The van der Waals surface area contributed by atoms with Gasteiger partial charge in [-0.2, -0.15) is 5.10 Å². The molecule has 17 heteroatoms. The number of aromatic carboxylic acids is 1. The molecule has 4 aromatic rings. The van der Waals surface area contributed by atoms with Crippen molar-refractivity contribution in [2.75, 3.05) is 56.6 Å². The Morgan fingerprint density at radius 1 is 1.14 bits per heavy atom. The number of hydrogen-bond donors (Lipinski definition) is 4. The fraction of sp³-hybridized carbons (Fsp3) is 0.344. The lowest BCUT2D eigenvalue weighted by Crippen LogP contribution is -2.38. The van der Waals surface area contributed by atoms with Gasteiger partial charge in [-0.05, 0) is 44.2 Å². The monoisotopic (exact) mass is 675 g/mol. The lowest BCUT2D eigenvalue weighted by atomic mass is 10.1. The van der Waals surface area contributed by atoms with E-state index in [2.05, 4.69) is 25.6 Å². The number of carboxylic acid groups (broad SMARTS) is 1. The number of nitro benzene ring substituents is 1. The van der Waals surface area contributed by atoms with Gasteiger partial charge in [0.15, 0.2) is 5.69 Å². The van der Waals surface area contributed by atoms with E-state index in [-0.39, 0.29) is 53.9 Å². The van der Waals surface area contributed by atoms with Crippen LogP contribution in [0.5, 0.6) is 5.75 Å². The van der Waals surface area contributed by atoms with E-state index >= 15 is 0 Å². The van der Waals surface area contributed by atoms with Gasteiger partial charge >= 0.3 is 5.97 Å². The maximum absolute atomic E-state index is 13.2. The number of ether oxygens (including phenoxy) is 2. The predicted octanol–water partition coefficient (Wildman–Crippen LogP) is 2.90. The lowest BCUT2D eigenvalue weighted by molar-refractivity contribution is -0.384. The van der Waals surface area contributed by atoms with Crippen LogP contribution in [0.15, 0.2) is 48.6 Å². The molecule has 0 unspecified atom stereocenters. The van der Waals surface area contributed by atoms with Crippen molar-refractivity contribution in [1.29, 1.82) is 0 Å². The zero-order valence-corrected chi connectivity index (χ0v) is 27.0. The number of nitrogens with one attached hydrogen (secondary N) is 2. The van der Waals surface area contributed by atoms with Crippen LogP contribution in [0, 0.1) is 17.0 Å². The number of anilines is 2. The number of primary amides is 1. The van der Waals surface area contributed by atoms with Crippen LogP contribution in [0.2, 0.25) is 0 Å². The molecule has 2 aromatic heterocycles. The third-order valence-electron chi connectivity index (χ3n) is 7.84. The summed E-state index contributed by atoms with van der Waals surface area (Å²) in [6, 6.07) is 8.63. The summed E-state index contributed by atoms with van der Waals surface area (Å²) in [5.41, 5.74) is 7.12. The number of carbonyl (C=O) groups is 3. The Morgan fingerprint density at radius 3 is 2.61 bits per heavy atom. The normalized spacial score (nSPS) is 13.5. The lowest BCUT2D eigenvalue weighted by Gasteiger charge is -2.26. The first kappa shape index (κ1) is 34.5. The van der Waals surface area contributed by atoms with E-state index in [1.165, 1.54) is 18.2 Å². The number of carbonyl (C=O) groups excluding carboxylic acids is 2. The van der Waals surface area contributed by atoms with E-state index in [1.807, 2.05) is 6.92 Å². The number of imidazole rings is 1. The summed E-state index contributed by atoms with van der Waals surface area (Å²) in [5.74, 6) is -2.07. The number of rotatable bonds is 15. The first-order chi connectivity index (χ1) is 23.5. The maximum Gasteiger partial charge on any atom is 0.335 e. The van der Waals surface area contributed by atoms with Crippen molar-refractivity contribution in [2.24, 2.45) is 5.73 Å². The van der Waals surface area contributed by atoms with Crippen LogP contribution >= 0.6 is 0 Å². The Hall–Kier alpha value is -5.81. The van der Waals surface area contributed by atoms with Crippen molar-refractivity contribution in [1.82, 2.24) is 24.2 Å². The Balaban J connectivity index is 1.36. The van der Waals surface area contributed by atoms with E-state index in [4.69, 9.17) is 15.2 Å². The van der Waals surface area contributed by atoms with Crippen molar-refractivity contribution in [2.45, 2.75) is 26.9 Å². The molecule has 0 spiro atoms. The van der Waals surface area contributed by atoms with E-state index in [0.717, 1.165) is 19.2 Å². The van der Waals surface area contributed by atoms with Crippen LogP contribution in [0.3, 0.4) is 0 Å². The summed E-state index contributed by atoms with van der Waals surface area (Å²) in [6.45, 7) is 7.94. The Morgan fingerprint density at radius 2 is 1.92 bits per heavy atom. The number of aromatic nitrogens is 4. The molecule has 5 rings (SSSR count). The van der Waals surface area contributed by atoms with Crippen molar-refractivity contribution >= 4 is 46.1 Å². The minimum absolute atomic E-state index is 0.0429. The Bertz CT molecular complexity index is 1910. The van der Waals surface area contributed by atoms with Gasteiger partial charge in [-0.1, -0.05) is 12.2 Å². The average molecular weight is 676 g/mol. The Kier molecular flexibility index (Phi) is 10.8. The first-order valence-corrected chi connectivity index (χ1v) is 15.6. The maximum atomic E-state index is 13.2. The molecule has 2 aromatic carbocycles. The molecule has 49 heavy (non-hydrogen) atoms. The average Bonchev–Trinajstić information content (AvgIpc) is 3.63. The quantitative estimate of drug-likeness (QED) is 0.0811. The Labute approximate surface area is 280 Å². The molecule has 17 nitrogen and oxygen atoms in total. The summed E-state index contributed by atoms with van der Waals surface area (Å²) in [6.07, 6.45) is 3.49. The number of nitrogens with zero attached hydrogens (tertiary/aromatic N) is 6. The number of allylic oxidation sites excluding steroid dienone is 1. The van der Waals surface area contributed by atoms with Gasteiger partial charge in [0.05, 0.1) is 40.4 Å². The second-order valence-electron chi connectivity index (χ2n) is 11.1. The molecule has 0 aliphatic carbocycles. The minimum Gasteiger partial charge on any atom is -0.490 e. The fourth-order valence-electron chi connectivity index (χ4n) is 5.39. The third kappa shape index (κ3) is 8.20. The van der Waals surface area contributed by atoms with Gasteiger partial charge in [-0.25, -0.2) is 9.78 Å². The second kappa shape index (κ2) is 15.4. The fourth-order valence-corrected chi connectivity index (χ4v) is 5.39. The molecule has 0 atom stereocenters. The van der Waals surface area contributed by atoms with Gasteiger partial charge in [0.1, 0.15) is 18.1 Å². The van der Waals surface area contributed by atoms with Gasteiger partial charge in [-0.3, -0.25) is 34.6 Å². The number of hydrogen-bond acceptors (Lipinski definition) is 11. The molecule has 0 saturated carbocycles. The molecule has 0 bridgehead atoms. The topological polar surface area (TPSA) is 222 Å². The standard InChI is InChI=1S/C32H37N9O8/c1-3-40-26(16-20(2)37-40)30(43)36-32-35-23-17-21(31(44)45)6-7-24(23)39(32)9-5-4-8-34-28-25(41(46)47)18-22(29(33)42)19-27(28)49-15-12-38-10-13-48-14-11-38/h4-7,16-19,34H,3,8-15H2,1-2H3,(H2,33,42)(H,44,45)(H,35,36,43)/b5-4+. The van der Waals surface area contributed by atoms with Crippen molar-refractivity contribution in [3.8, 4) is 5.75 Å². The number of benzene rings is 2. The number of nitro groups is 1. The number of carboxylic acids is 1. The number of aryl methyl sites for hydroxylation is 2. The predicted molar refractivity (Wildman–Crippen MR) is 179 cm³/mol. The first-order valence-electron chi connectivity index (χ1n) is 15.6. The van der Waals surface area contributed by atoms with Crippen molar-refractivity contribution in [3.63, 3.8) is 0 Å². The highest BCUT2D eigenvalue weighted by molar-refractivity contribution is 6.03. The van der Waals surface area contributed by atoms with Gasteiger partial charge in [0, 0.05) is 50.9 Å². The highest BCUT2D eigenvalue weighted by atomic mass is 16.6. The molecule has 2 amide bonds. The van der Waals surface area contributed by atoms with Crippen LogP contribution in [-0.2, 0) is 17.8 Å². The number of amides is 2. The second-order valence-corrected chi connectivity index (χ2v) is 11.1. The van der Waals surface area contributed by atoms with Gasteiger partial charge < -0.3 is 30.2 Å². The SMILES string of the molecule is CCn1nc(C)cc1C(=O)Nc1nc2cc(C(=O)O)ccc2n1C/C=C/CNc1c(OCCN2CCOCC2)cc(C(N)=O)cc1[N+](=O)[O-]. The van der Waals surface area contributed by atoms with E-state index < -0.39 is 22.7 Å². The molecule has 1 saturated heterocycles. The highest BCUT2D eigenvalue weighted by Gasteiger charge is 2.23. The largest absolute Gasteiger partial charge is 0.490 e. The van der Waals surface area contributed by atoms with Crippen LogP contribution in [0.1, 0.15) is 43.8 Å². The van der Waals surface area contributed by atoms with Crippen LogP contribution in [0.25, 0.3) is 11.0 Å². The zero-order valence-electron chi connectivity index (χ0n) is 27.0. The van der Waals surface area contributed by atoms with Gasteiger partial charge in [-0.15, -0.1) is 0 Å². The molecule has 258 valence electrons. The summed E-state index contributed by atoms with van der Waals surface area (Å²) < 4.78 is 14.6. The molecular weight excluding hydrogens is 638 g/mol. The molecular formula is C32H37N9O8. The minimum atomic E-state index is -1.11. The molecule has 0 radical (unpaired) electrons. The third-order valence-corrected chi connectivity index (χ3v) is 7.84. The smallest absolute Gasteiger partial charge is 0.335 e. The number of nitrogens with two attached hydrogens (primary N) is 1. The van der Waals surface area contributed by atoms with Gasteiger partial charge in [0.25, 0.3) is 11.6 Å². The molecule has 1 fully saturated rings. The molecule has 3 heterocycles. The van der Waals surface area contributed by atoms with Crippen LogP contribution < -0.4 is 21.1 Å². The highest BCUT2D eigenvalue weighted by Crippen LogP contribution is 2.36. The van der Waals surface area contributed by atoms with Gasteiger partial charge in [0.2, 0.25) is 11.9 Å². The molecule has 1 aliphatic heterocycles. The molecule has 1 aliphatic rings. The van der Waals surface area contributed by atoms with Crippen molar-refractivity contribution in [3.05, 3.63) is 81.2 Å². The summed E-state index contributed by atoms with van der Waals surface area (Å²) in [7, 11) is 0. The van der Waals surface area contributed by atoms with Crippen LogP contribution in [-0.4, -0.2) is 98.0 Å². The van der Waals surface area contributed by atoms with E-state index in [9.17, 15) is 29.6 Å². The summed E-state index contributed by atoms with van der Waals surface area (Å²) in [4.78, 5) is 54.8. The molecule has 5 N–H and O–H groups in total. The van der Waals surface area contributed by atoms with E-state index in [1.54, 1.807) is 40.5 Å².